The van der Waals surface area contributed by atoms with Crippen molar-refractivity contribution in [3.63, 3.8) is 0 Å². The van der Waals surface area contributed by atoms with Crippen LogP contribution < -0.4 is 0 Å². The van der Waals surface area contributed by atoms with Gasteiger partial charge in [-0.3, -0.25) is 0 Å². The third kappa shape index (κ3) is 1.09. The number of ether oxygens (including phenoxy) is 2. The Labute approximate surface area is 67.9 Å². The Hall–Kier alpha value is -0.0800. The van der Waals surface area contributed by atoms with Crippen LogP contribution in [0.5, 0.6) is 0 Å². The molecule has 2 fully saturated rings. The Balaban J connectivity index is 2.14. The van der Waals surface area contributed by atoms with Crippen molar-refractivity contribution >= 4 is 0 Å². The van der Waals surface area contributed by atoms with Crippen LogP contribution in [-0.4, -0.2) is 18.0 Å². The average molecular weight is 156 g/mol. The van der Waals surface area contributed by atoms with Gasteiger partial charge < -0.3 is 9.47 Å². The third-order valence-electron chi connectivity index (χ3n) is 2.88. The van der Waals surface area contributed by atoms with Gasteiger partial charge in [-0.1, -0.05) is 6.92 Å². The average Bonchev–Trinajstić information content (AvgIpc) is 2.25. The predicted molar refractivity (Wildman–Crippen MR) is 42.3 cm³/mol. The van der Waals surface area contributed by atoms with E-state index in [9.17, 15) is 0 Å². The summed E-state index contributed by atoms with van der Waals surface area (Å²) in [7, 11) is 0. The first-order valence-corrected chi connectivity index (χ1v) is 4.61. The lowest BCUT2D eigenvalue weighted by molar-refractivity contribution is -0.193. The van der Waals surface area contributed by atoms with E-state index in [-0.39, 0.29) is 5.79 Å². The minimum Gasteiger partial charge on any atom is -0.344 e. The Kier molecular flexibility index (Phi) is 1.69. The summed E-state index contributed by atoms with van der Waals surface area (Å²) in [5.74, 6) is -0.192. The van der Waals surface area contributed by atoms with Crippen LogP contribution in [0.15, 0.2) is 0 Å². The lowest BCUT2D eigenvalue weighted by Crippen LogP contribution is -2.33. The van der Waals surface area contributed by atoms with Crippen molar-refractivity contribution in [2.45, 2.75) is 57.5 Å². The van der Waals surface area contributed by atoms with Gasteiger partial charge in [-0.05, 0) is 26.2 Å². The second-order valence-corrected chi connectivity index (χ2v) is 3.64. The molecule has 0 aromatic rings. The van der Waals surface area contributed by atoms with Gasteiger partial charge in [0, 0.05) is 6.42 Å². The molecule has 2 rings (SSSR count). The van der Waals surface area contributed by atoms with Crippen LogP contribution >= 0.6 is 0 Å². The van der Waals surface area contributed by atoms with E-state index in [1.165, 1.54) is 12.8 Å². The van der Waals surface area contributed by atoms with Gasteiger partial charge >= 0.3 is 0 Å². The first-order valence-electron chi connectivity index (χ1n) is 4.61. The van der Waals surface area contributed by atoms with E-state index in [0.29, 0.717) is 12.2 Å². The first kappa shape index (κ1) is 7.56. The van der Waals surface area contributed by atoms with Crippen LogP contribution in [0.4, 0.5) is 0 Å². The zero-order valence-corrected chi connectivity index (χ0v) is 7.30. The number of rotatable bonds is 1. The largest absolute Gasteiger partial charge is 0.344 e. The molecule has 0 aliphatic carbocycles. The number of fused-ring (bicyclic) bond motifs is 2. The molecule has 2 nitrogen and oxygen atoms in total. The molecule has 2 aliphatic rings. The molecule has 2 heteroatoms. The van der Waals surface area contributed by atoms with Crippen LogP contribution in [0.2, 0.25) is 0 Å². The monoisotopic (exact) mass is 156 g/mol. The van der Waals surface area contributed by atoms with Crippen molar-refractivity contribution in [2.75, 3.05) is 0 Å². The highest BCUT2D eigenvalue weighted by molar-refractivity contribution is 4.87. The topological polar surface area (TPSA) is 18.5 Å². The van der Waals surface area contributed by atoms with Gasteiger partial charge in [0.05, 0.1) is 12.2 Å². The van der Waals surface area contributed by atoms with Gasteiger partial charge in [-0.25, -0.2) is 0 Å². The van der Waals surface area contributed by atoms with Crippen LogP contribution in [0.3, 0.4) is 0 Å². The van der Waals surface area contributed by atoms with E-state index in [1.54, 1.807) is 0 Å². The van der Waals surface area contributed by atoms with Crippen molar-refractivity contribution in [2.24, 2.45) is 0 Å². The van der Waals surface area contributed by atoms with E-state index in [2.05, 4.69) is 13.8 Å². The summed E-state index contributed by atoms with van der Waals surface area (Å²) in [5, 5.41) is 0. The lowest BCUT2D eigenvalue weighted by atomic mass is 10.0. The molecule has 3 atom stereocenters. The van der Waals surface area contributed by atoms with Crippen molar-refractivity contribution < 1.29 is 9.47 Å². The lowest BCUT2D eigenvalue weighted by Gasteiger charge is -2.30. The summed E-state index contributed by atoms with van der Waals surface area (Å²) in [6, 6.07) is 0. The molecular weight excluding hydrogens is 140 g/mol. The van der Waals surface area contributed by atoms with Gasteiger partial charge in [-0.15, -0.1) is 0 Å². The number of hydrogen-bond acceptors (Lipinski definition) is 2. The van der Waals surface area contributed by atoms with E-state index < -0.39 is 0 Å². The molecular formula is C9H16O2. The summed E-state index contributed by atoms with van der Waals surface area (Å²) in [5.41, 5.74) is 0. The maximum atomic E-state index is 5.82. The Morgan fingerprint density at radius 2 is 2.27 bits per heavy atom. The van der Waals surface area contributed by atoms with Gasteiger partial charge in [-0.2, -0.15) is 0 Å². The highest BCUT2D eigenvalue weighted by Crippen LogP contribution is 2.41. The Bertz CT molecular complexity index is 154. The Morgan fingerprint density at radius 3 is 2.91 bits per heavy atom. The minimum absolute atomic E-state index is 0.192. The molecule has 2 saturated heterocycles. The number of hydrogen-bond donors (Lipinski definition) is 0. The SMILES string of the molecule is CCC12CCCC(O1)C(C)O2. The summed E-state index contributed by atoms with van der Waals surface area (Å²) >= 11 is 0. The second-order valence-electron chi connectivity index (χ2n) is 3.64. The fourth-order valence-corrected chi connectivity index (χ4v) is 2.14. The van der Waals surface area contributed by atoms with E-state index in [4.69, 9.17) is 9.47 Å². The smallest absolute Gasteiger partial charge is 0.169 e. The molecule has 2 aliphatic heterocycles. The van der Waals surface area contributed by atoms with E-state index in [0.717, 1.165) is 12.8 Å². The first-order chi connectivity index (χ1) is 5.26. The molecule has 0 radical (unpaired) electrons. The molecule has 2 heterocycles. The molecule has 64 valence electrons. The maximum Gasteiger partial charge on any atom is 0.169 e. The van der Waals surface area contributed by atoms with Crippen LogP contribution in [0.25, 0.3) is 0 Å². The molecule has 3 unspecified atom stereocenters. The van der Waals surface area contributed by atoms with Gasteiger partial charge in [0.25, 0.3) is 0 Å². The molecule has 0 amide bonds. The summed E-state index contributed by atoms with van der Waals surface area (Å²) in [6.45, 7) is 4.26. The van der Waals surface area contributed by atoms with Crippen molar-refractivity contribution in [3.8, 4) is 0 Å². The molecule has 0 spiro atoms. The highest BCUT2D eigenvalue weighted by Gasteiger charge is 2.46. The van der Waals surface area contributed by atoms with Crippen molar-refractivity contribution in [3.05, 3.63) is 0 Å². The molecule has 0 aromatic carbocycles. The summed E-state index contributed by atoms with van der Waals surface area (Å²) < 4.78 is 11.6. The van der Waals surface area contributed by atoms with E-state index >= 15 is 0 Å². The highest BCUT2D eigenvalue weighted by atomic mass is 16.8. The fourth-order valence-electron chi connectivity index (χ4n) is 2.14. The third-order valence-corrected chi connectivity index (χ3v) is 2.88. The minimum atomic E-state index is -0.192. The maximum absolute atomic E-state index is 5.82. The predicted octanol–water partition coefficient (Wildman–Crippen LogP) is 2.08. The van der Waals surface area contributed by atoms with Crippen LogP contribution in [-0.2, 0) is 9.47 Å². The molecule has 11 heavy (non-hydrogen) atoms. The molecule has 0 aromatic heterocycles. The molecule has 0 saturated carbocycles. The van der Waals surface area contributed by atoms with E-state index in [1.807, 2.05) is 0 Å². The standard InChI is InChI=1S/C9H16O2/c1-3-9-6-4-5-8(11-9)7(2)10-9/h7-8H,3-6H2,1-2H3. The van der Waals surface area contributed by atoms with Gasteiger partial charge in [0.15, 0.2) is 5.79 Å². The van der Waals surface area contributed by atoms with Gasteiger partial charge in [0.1, 0.15) is 0 Å². The second kappa shape index (κ2) is 2.46. The zero-order valence-electron chi connectivity index (χ0n) is 7.30. The summed E-state index contributed by atoms with van der Waals surface area (Å²) in [4.78, 5) is 0. The van der Waals surface area contributed by atoms with Crippen LogP contribution in [0, 0.1) is 0 Å². The van der Waals surface area contributed by atoms with Crippen molar-refractivity contribution in [1.29, 1.82) is 0 Å². The Morgan fingerprint density at radius 1 is 1.45 bits per heavy atom. The fraction of sp³-hybridized carbons (Fsp3) is 1.00. The quantitative estimate of drug-likeness (QED) is 0.578. The van der Waals surface area contributed by atoms with Crippen LogP contribution in [0.1, 0.15) is 39.5 Å². The van der Waals surface area contributed by atoms with Crippen molar-refractivity contribution in [1.82, 2.24) is 0 Å². The summed E-state index contributed by atoms with van der Waals surface area (Å²) in [6.07, 6.45) is 5.23. The zero-order chi connectivity index (χ0) is 7.90. The van der Waals surface area contributed by atoms with Gasteiger partial charge in [0.2, 0.25) is 0 Å². The molecule has 2 bridgehead atoms. The molecule has 0 N–H and O–H groups in total. The normalized spacial score (nSPS) is 49.6.